The first-order valence-corrected chi connectivity index (χ1v) is 8.27. The summed E-state index contributed by atoms with van der Waals surface area (Å²) in [7, 11) is 0. The van der Waals surface area contributed by atoms with Crippen LogP contribution in [0, 0.1) is 10.1 Å². The van der Waals surface area contributed by atoms with E-state index >= 15 is 0 Å². The van der Waals surface area contributed by atoms with Gasteiger partial charge in [0.15, 0.2) is 0 Å². The van der Waals surface area contributed by atoms with E-state index < -0.39 is 10.8 Å². The van der Waals surface area contributed by atoms with E-state index in [9.17, 15) is 19.7 Å². The average Bonchev–Trinajstić information content (AvgIpc) is 2.67. The Morgan fingerprint density at radius 1 is 1.04 bits per heavy atom. The van der Waals surface area contributed by atoms with Gasteiger partial charge in [-0.15, -0.1) is 0 Å². The van der Waals surface area contributed by atoms with Crippen LogP contribution in [0.4, 0.5) is 11.5 Å². The van der Waals surface area contributed by atoms with Crippen LogP contribution in [-0.4, -0.2) is 20.8 Å². The molecule has 1 aromatic heterocycles. The minimum absolute atomic E-state index is 0.0503. The van der Waals surface area contributed by atoms with Crippen molar-refractivity contribution in [3.63, 3.8) is 0 Å². The number of hydrogen-bond donors (Lipinski definition) is 2. The van der Waals surface area contributed by atoms with Crippen LogP contribution >= 0.6 is 0 Å². The van der Waals surface area contributed by atoms with Crippen LogP contribution in [0.1, 0.15) is 23.5 Å². The molecule has 3 aromatic rings. The molecule has 1 aliphatic rings. The molecule has 1 amide bonds. The van der Waals surface area contributed by atoms with Gasteiger partial charge in [-0.25, -0.2) is 4.98 Å². The minimum atomic E-state index is -0.518. The summed E-state index contributed by atoms with van der Waals surface area (Å²) in [6, 6.07) is 15.0. The molecule has 0 spiro atoms. The van der Waals surface area contributed by atoms with Crippen LogP contribution in [0.5, 0.6) is 0 Å². The van der Waals surface area contributed by atoms with Crippen molar-refractivity contribution in [2.24, 2.45) is 0 Å². The van der Waals surface area contributed by atoms with Crippen molar-refractivity contribution in [2.45, 2.75) is 12.3 Å². The van der Waals surface area contributed by atoms with Crippen molar-refractivity contribution in [3.8, 4) is 11.4 Å². The zero-order valence-electron chi connectivity index (χ0n) is 14.0. The number of benzene rings is 2. The molecule has 0 radical (unpaired) electrons. The smallest absolute Gasteiger partial charge is 0.269 e. The number of non-ortho nitro benzene ring substituents is 1. The Balaban J connectivity index is 1.81. The number of fused-ring (bicyclic) bond motifs is 1. The Labute approximate surface area is 153 Å². The number of carbonyl (C=O) groups excluding carboxylic acids is 1. The summed E-state index contributed by atoms with van der Waals surface area (Å²) >= 11 is 0. The van der Waals surface area contributed by atoms with Crippen molar-refractivity contribution in [3.05, 3.63) is 86.2 Å². The topological polar surface area (TPSA) is 118 Å². The maximum Gasteiger partial charge on any atom is 0.269 e. The average molecular weight is 362 g/mol. The van der Waals surface area contributed by atoms with Gasteiger partial charge in [0.25, 0.3) is 11.2 Å². The van der Waals surface area contributed by atoms with Crippen LogP contribution in [0.2, 0.25) is 0 Å². The van der Waals surface area contributed by atoms with E-state index in [1.54, 1.807) is 12.1 Å². The summed E-state index contributed by atoms with van der Waals surface area (Å²) in [5, 5.41) is 13.5. The van der Waals surface area contributed by atoms with Gasteiger partial charge in [0.2, 0.25) is 5.91 Å². The number of hydrogen-bond acceptors (Lipinski definition) is 5. The number of aromatic amines is 1. The van der Waals surface area contributed by atoms with Crippen LogP contribution in [-0.2, 0) is 4.79 Å². The van der Waals surface area contributed by atoms with Crippen LogP contribution in [0.15, 0.2) is 59.4 Å². The number of aromatic nitrogens is 2. The molecule has 0 unspecified atom stereocenters. The molecule has 8 nitrogen and oxygen atoms in total. The third-order valence-corrected chi connectivity index (χ3v) is 4.50. The largest absolute Gasteiger partial charge is 0.310 e. The molecule has 0 fully saturated rings. The van der Waals surface area contributed by atoms with Gasteiger partial charge in [-0.2, -0.15) is 0 Å². The third kappa shape index (κ3) is 3.08. The molecule has 2 N–H and O–H groups in total. The molecule has 2 aromatic carbocycles. The monoisotopic (exact) mass is 362 g/mol. The molecule has 8 heteroatoms. The fourth-order valence-corrected chi connectivity index (χ4v) is 3.22. The molecular weight excluding hydrogens is 348 g/mol. The maximum absolute atomic E-state index is 12.8. The lowest BCUT2D eigenvalue weighted by Gasteiger charge is -2.24. The molecule has 0 aliphatic carbocycles. The van der Waals surface area contributed by atoms with Crippen LogP contribution < -0.4 is 10.9 Å². The Morgan fingerprint density at radius 2 is 1.74 bits per heavy atom. The number of nitrogens with zero attached hydrogens (tertiary/aromatic N) is 2. The van der Waals surface area contributed by atoms with E-state index in [1.807, 2.05) is 30.3 Å². The molecule has 0 bridgehead atoms. The maximum atomic E-state index is 12.8. The first-order chi connectivity index (χ1) is 13.0. The van der Waals surface area contributed by atoms with Gasteiger partial charge < -0.3 is 10.3 Å². The second-order valence-electron chi connectivity index (χ2n) is 6.20. The zero-order chi connectivity index (χ0) is 19.0. The normalized spacial score (nSPS) is 15.7. The number of nitro groups is 1. The summed E-state index contributed by atoms with van der Waals surface area (Å²) in [4.78, 5) is 42.5. The van der Waals surface area contributed by atoms with Gasteiger partial charge in [0.1, 0.15) is 11.6 Å². The van der Waals surface area contributed by atoms with Crippen LogP contribution in [0.25, 0.3) is 11.4 Å². The number of carbonyl (C=O) groups is 1. The van der Waals surface area contributed by atoms with Crippen molar-refractivity contribution in [1.29, 1.82) is 0 Å². The fourth-order valence-electron chi connectivity index (χ4n) is 3.22. The highest BCUT2D eigenvalue weighted by Crippen LogP contribution is 2.35. The first-order valence-electron chi connectivity index (χ1n) is 8.27. The molecular formula is C19H14N4O4. The van der Waals surface area contributed by atoms with E-state index in [2.05, 4.69) is 15.3 Å². The molecule has 4 rings (SSSR count). The standard InChI is InChI=1S/C19H14N4O4/c24-15-10-14(11-6-8-13(9-7-11)23(26)27)16-18(20-15)21-17(22-19(16)25)12-4-2-1-3-5-12/h1-9,14H,10H2,(H2,20,21,22,24,25)/t14-/m0/s1. The summed E-state index contributed by atoms with van der Waals surface area (Å²) in [6.45, 7) is 0. The number of rotatable bonds is 3. The van der Waals surface area contributed by atoms with Gasteiger partial charge in [-0.1, -0.05) is 42.5 Å². The van der Waals surface area contributed by atoms with E-state index in [4.69, 9.17) is 0 Å². The second kappa shape index (κ2) is 6.49. The van der Waals surface area contributed by atoms with E-state index in [0.717, 1.165) is 5.56 Å². The molecule has 27 heavy (non-hydrogen) atoms. The Hall–Kier alpha value is -3.81. The Bertz CT molecular complexity index is 1090. The summed E-state index contributed by atoms with van der Waals surface area (Å²) in [6.07, 6.45) is 0.0697. The second-order valence-corrected chi connectivity index (χ2v) is 6.20. The number of nitrogens with one attached hydrogen (secondary N) is 2. The first kappa shape index (κ1) is 16.6. The van der Waals surface area contributed by atoms with Gasteiger partial charge in [-0.3, -0.25) is 19.7 Å². The summed E-state index contributed by atoms with van der Waals surface area (Å²) in [5.74, 6) is -0.195. The van der Waals surface area contributed by atoms with Gasteiger partial charge >= 0.3 is 0 Å². The number of nitro benzene ring substituents is 1. The third-order valence-electron chi connectivity index (χ3n) is 4.50. The zero-order valence-corrected chi connectivity index (χ0v) is 14.0. The molecule has 134 valence electrons. The minimum Gasteiger partial charge on any atom is -0.310 e. The molecule has 1 atom stereocenters. The SMILES string of the molecule is O=C1C[C@@H](c2ccc([N+](=O)[O-])cc2)c2c(nc(-c3ccccc3)[nH]c2=O)N1. The number of H-pyrrole nitrogens is 1. The molecule has 0 saturated carbocycles. The van der Waals surface area contributed by atoms with Gasteiger partial charge in [-0.05, 0) is 5.56 Å². The fraction of sp³-hybridized carbons (Fsp3) is 0.105. The lowest BCUT2D eigenvalue weighted by molar-refractivity contribution is -0.384. The van der Waals surface area contributed by atoms with Crippen molar-refractivity contribution < 1.29 is 9.72 Å². The Morgan fingerprint density at radius 3 is 2.41 bits per heavy atom. The van der Waals surface area contributed by atoms with E-state index in [1.165, 1.54) is 12.1 Å². The van der Waals surface area contributed by atoms with Gasteiger partial charge in [0.05, 0.1) is 10.5 Å². The van der Waals surface area contributed by atoms with E-state index in [0.29, 0.717) is 17.0 Å². The summed E-state index contributed by atoms with van der Waals surface area (Å²) < 4.78 is 0. The Kier molecular flexibility index (Phi) is 4.00. The number of amides is 1. The number of anilines is 1. The highest BCUT2D eigenvalue weighted by atomic mass is 16.6. The van der Waals surface area contributed by atoms with Gasteiger partial charge in [0, 0.05) is 30.0 Å². The quantitative estimate of drug-likeness (QED) is 0.549. The molecule has 1 aliphatic heterocycles. The molecule has 2 heterocycles. The predicted molar refractivity (Wildman–Crippen MR) is 98.5 cm³/mol. The highest BCUT2D eigenvalue weighted by Gasteiger charge is 2.31. The van der Waals surface area contributed by atoms with Crippen molar-refractivity contribution in [1.82, 2.24) is 9.97 Å². The highest BCUT2D eigenvalue weighted by molar-refractivity contribution is 5.94. The van der Waals surface area contributed by atoms with E-state index in [-0.39, 0.29) is 29.4 Å². The lowest BCUT2D eigenvalue weighted by atomic mass is 9.86. The summed E-state index contributed by atoms with van der Waals surface area (Å²) in [5.41, 5.74) is 1.33. The van der Waals surface area contributed by atoms with Crippen molar-refractivity contribution >= 4 is 17.4 Å². The lowest BCUT2D eigenvalue weighted by Crippen LogP contribution is -2.31. The molecule has 0 saturated heterocycles. The van der Waals surface area contributed by atoms with Crippen molar-refractivity contribution in [2.75, 3.05) is 5.32 Å². The van der Waals surface area contributed by atoms with Crippen LogP contribution in [0.3, 0.4) is 0 Å². The predicted octanol–water partition coefficient (Wildman–Crippen LogP) is 2.82.